The Labute approximate surface area is 736 Å². The zero-order chi connectivity index (χ0) is 84.5. The van der Waals surface area contributed by atoms with Crippen molar-refractivity contribution in [1.29, 1.82) is 0 Å². The van der Waals surface area contributed by atoms with Crippen molar-refractivity contribution in [3.63, 3.8) is 0 Å². The van der Waals surface area contributed by atoms with Crippen molar-refractivity contribution in [2.45, 2.75) is 38.5 Å². The molecule has 6 heterocycles. The maximum Gasteiger partial charge on any atom is 0.135 e. The highest BCUT2D eigenvalue weighted by atomic mass is 16.3. The van der Waals surface area contributed by atoms with Gasteiger partial charge >= 0.3 is 0 Å². The summed E-state index contributed by atoms with van der Waals surface area (Å²) in [5.41, 5.74) is 30.2. The number of nitrogens with zero attached hydrogens (tertiary/aromatic N) is 4. The van der Waals surface area contributed by atoms with Crippen molar-refractivity contribution in [2.75, 3.05) is 9.80 Å². The van der Waals surface area contributed by atoms with Gasteiger partial charge in [-0.25, -0.2) is 0 Å². The second-order valence-electron chi connectivity index (χ2n) is 36.0. The topological polar surface area (TPSA) is 68.9 Å². The van der Waals surface area contributed by atoms with E-state index in [1.165, 1.54) is 44.5 Å². The highest BCUT2D eigenvalue weighted by molar-refractivity contribution is 6.26. The number of anilines is 6. The van der Waals surface area contributed by atoms with Crippen molar-refractivity contribution in [2.24, 2.45) is 0 Å². The summed E-state index contributed by atoms with van der Waals surface area (Å²) in [5.74, 6) is 3.45. The number of fused-ring (bicyclic) bond motifs is 22. The monoisotopic (exact) mass is 1640 g/mol. The summed E-state index contributed by atoms with van der Waals surface area (Å²) in [7, 11) is 0. The first kappa shape index (κ1) is 72.1. The van der Waals surface area contributed by atoms with Gasteiger partial charge in [-0.1, -0.05) is 246 Å². The van der Waals surface area contributed by atoms with Gasteiger partial charge in [0.05, 0.1) is 22.1 Å². The maximum atomic E-state index is 6.57. The molecule has 0 N–H and O–H groups in total. The third kappa shape index (κ3) is 10.9. The van der Waals surface area contributed by atoms with Gasteiger partial charge in [-0.3, -0.25) is 0 Å². The summed E-state index contributed by atoms with van der Waals surface area (Å²) in [5, 5.41) is 18.1. The van der Waals surface area contributed by atoms with Crippen LogP contribution in [0.4, 0.5) is 34.1 Å². The van der Waals surface area contributed by atoms with Crippen LogP contribution in [0.25, 0.3) is 210 Å². The van der Waals surface area contributed by atoms with Gasteiger partial charge in [0, 0.05) is 132 Å². The molecule has 0 fully saturated rings. The molecule has 0 unspecified atom stereocenters. The quantitative estimate of drug-likeness (QED) is 0.121. The van der Waals surface area contributed by atoms with E-state index in [1.807, 2.05) is 36.4 Å². The first-order valence-electron chi connectivity index (χ1n) is 44.1. The van der Waals surface area contributed by atoms with E-state index in [1.54, 1.807) is 0 Å². The third-order valence-corrected chi connectivity index (χ3v) is 28.0. The molecule has 25 aromatic rings. The zero-order valence-electron chi connectivity index (χ0n) is 70.5. The Hall–Kier alpha value is -16.4. The lowest BCUT2D eigenvalue weighted by Crippen LogP contribution is -2.15. The van der Waals surface area contributed by atoms with Crippen LogP contribution in [0, 0.1) is 0 Å². The number of hydrogen-bond acceptors (Lipinski definition) is 6. The fraction of sp³-hybridized carbons (Fsp3) is 0.0500. The lowest BCUT2D eigenvalue weighted by molar-refractivity contribution is 0.629. The van der Waals surface area contributed by atoms with Gasteiger partial charge in [0.1, 0.15) is 45.4 Å². The molecule has 128 heavy (non-hydrogen) atoms. The second-order valence-corrected chi connectivity index (χ2v) is 36.0. The molecule has 602 valence electrons. The van der Waals surface area contributed by atoms with E-state index in [2.05, 4.69) is 411 Å². The Morgan fingerprint density at radius 3 is 0.867 bits per heavy atom. The molecule has 27 rings (SSSR count). The van der Waals surface area contributed by atoms with Crippen LogP contribution >= 0.6 is 0 Å². The predicted molar refractivity (Wildman–Crippen MR) is 530 cm³/mol. The summed E-state index contributed by atoms with van der Waals surface area (Å²) in [6.07, 6.45) is 0. The molecule has 0 radical (unpaired) electrons. The molecule has 8 nitrogen and oxygen atoms in total. The van der Waals surface area contributed by atoms with Crippen LogP contribution in [-0.4, -0.2) is 9.13 Å². The Morgan fingerprint density at radius 1 is 0.203 bits per heavy atom. The van der Waals surface area contributed by atoms with Crippen LogP contribution in [0.15, 0.2) is 418 Å². The Kier molecular flexibility index (Phi) is 15.2. The molecule has 0 saturated carbocycles. The fourth-order valence-electron chi connectivity index (χ4n) is 21.6. The van der Waals surface area contributed by atoms with Crippen molar-refractivity contribution >= 4 is 165 Å². The number of rotatable bonds is 12. The van der Waals surface area contributed by atoms with Gasteiger partial charge in [0.15, 0.2) is 0 Å². The van der Waals surface area contributed by atoms with Crippen LogP contribution in [0.5, 0.6) is 0 Å². The molecule has 0 atom stereocenters. The molecule has 0 spiro atoms. The Bertz CT molecular complexity index is 8400. The van der Waals surface area contributed by atoms with E-state index in [9.17, 15) is 0 Å². The molecule has 6 aromatic heterocycles. The lowest BCUT2D eigenvalue weighted by Gasteiger charge is -2.26. The largest absolute Gasteiger partial charge is 0.456 e. The van der Waals surface area contributed by atoms with Crippen LogP contribution in [-0.2, 0) is 10.8 Å². The Morgan fingerprint density at radius 2 is 0.492 bits per heavy atom. The minimum absolute atomic E-state index is 0.376. The zero-order valence-corrected chi connectivity index (χ0v) is 70.5. The van der Waals surface area contributed by atoms with Gasteiger partial charge in [-0.05, 0) is 259 Å². The lowest BCUT2D eigenvalue weighted by atomic mass is 9.81. The van der Waals surface area contributed by atoms with E-state index in [0.29, 0.717) is 0 Å². The average Bonchev–Trinajstić information content (AvgIpc) is 1.54. The van der Waals surface area contributed by atoms with Crippen molar-refractivity contribution in [1.82, 2.24) is 9.13 Å². The van der Waals surface area contributed by atoms with E-state index in [-0.39, 0.29) is 10.8 Å². The molecular formula is C120H78N4O4. The molecule has 0 saturated heterocycles. The molecule has 0 bridgehead atoms. The first-order chi connectivity index (χ1) is 62.8. The van der Waals surface area contributed by atoms with Gasteiger partial charge in [0.2, 0.25) is 0 Å². The minimum Gasteiger partial charge on any atom is -0.456 e. The molecule has 0 amide bonds. The number of hydrogen-bond donors (Lipinski definition) is 0. The second kappa shape index (κ2) is 27.0. The normalized spacial score (nSPS) is 13.3. The molecule has 2 aliphatic carbocycles. The highest BCUT2D eigenvalue weighted by Crippen LogP contribution is 2.56. The Balaban J connectivity index is 0.658. The van der Waals surface area contributed by atoms with Crippen LogP contribution < -0.4 is 9.80 Å². The van der Waals surface area contributed by atoms with Crippen LogP contribution in [0.1, 0.15) is 49.9 Å². The summed E-state index contributed by atoms with van der Waals surface area (Å²) in [6.45, 7) is 9.58. The first-order valence-corrected chi connectivity index (χ1v) is 44.1. The maximum absolute atomic E-state index is 6.57. The third-order valence-electron chi connectivity index (χ3n) is 28.0. The van der Waals surface area contributed by atoms with E-state index >= 15 is 0 Å². The van der Waals surface area contributed by atoms with Crippen LogP contribution in [0.3, 0.4) is 0 Å². The molecule has 19 aromatic carbocycles. The standard InChI is InChI=1S/C120H78N4O4/c1-119(2)103-61-83(115-65-79-21-13-17-29-111(79)127-115)39-47-95(103)97-53-45-91(67-105(97)119)123-107-69-102-100-50-38-76-60-90(122(86-25-9-6-10-26-86)88-42-36-72-56-82(34-32-74(72)58-88)114-64-78-20-12-16-28-110(78)126-114)44-52-94(76)118(100)124(92-46-54-98-96-48-40-84(62-104(96)120(3,4)106(98)68-92)116-66-80-22-14-18-30-112(80)128-116)108(102)70-101(107)99-49-37-75-59-89(43-51-93(75)117(99)123)121(85-23-7-5-8-24-85)87-41-35-71-55-81(33-31-73(71)57-87)113-63-77-19-11-15-27-109(77)125-113/h5-70H,1-4H3. The predicted octanol–water partition coefficient (Wildman–Crippen LogP) is 33.7. The highest BCUT2D eigenvalue weighted by Gasteiger charge is 2.39. The molecule has 2 aliphatic rings. The van der Waals surface area contributed by atoms with Crippen molar-refractivity contribution < 1.29 is 17.7 Å². The molecule has 0 aliphatic heterocycles. The van der Waals surface area contributed by atoms with E-state index in [0.717, 1.165) is 221 Å². The SMILES string of the molecule is CC1(C)c2cc(-c3cc4ccccc4o3)ccc2-c2ccc(-n3c4cc5c6ccc7cc(N(c8ccccc8)c8ccc9cc(-c%10cc%11ccccc%11o%10)ccc9c8)ccc7c6n(-c6ccc7c(c6)C(C)(C)c6cc(-c8cc9ccccc9o8)ccc6-7)c5cc4c4ccc5cc(N(c6ccccc6)c6ccc7cc(-c8cc9ccccc9o8)ccc7c6)ccc5c43)cc21. The van der Waals surface area contributed by atoms with E-state index < -0.39 is 0 Å². The molecular weight excluding hydrogens is 1560 g/mol. The number of aromatic nitrogens is 2. The van der Waals surface area contributed by atoms with Crippen molar-refractivity contribution in [3.05, 3.63) is 423 Å². The summed E-state index contributed by atoms with van der Waals surface area (Å²) in [6, 6.07) is 147. The fourth-order valence-corrected chi connectivity index (χ4v) is 21.6. The minimum atomic E-state index is -0.376. The summed E-state index contributed by atoms with van der Waals surface area (Å²) >= 11 is 0. The van der Waals surface area contributed by atoms with E-state index in [4.69, 9.17) is 17.7 Å². The molecule has 8 heteroatoms. The van der Waals surface area contributed by atoms with Crippen molar-refractivity contribution in [3.8, 4) is 78.9 Å². The van der Waals surface area contributed by atoms with Gasteiger partial charge in [0.25, 0.3) is 0 Å². The summed E-state index contributed by atoms with van der Waals surface area (Å²) in [4.78, 5) is 4.80. The number of para-hydroxylation sites is 6. The van der Waals surface area contributed by atoms with Gasteiger partial charge in [-0.2, -0.15) is 0 Å². The van der Waals surface area contributed by atoms with Gasteiger partial charge < -0.3 is 36.6 Å². The smallest absolute Gasteiger partial charge is 0.135 e. The van der Waals surface area contributed by atoms with Gasteiger partial charge in [-0.15, -0.1) is 0 Å². The average molecular weight is 1640 g/mol. The number of furan rings is 4. The number of benzene rings is 19. The summed E-state index contributed by atoms with van der Waals surface area (Å²) < 4.78 is 31.1. The van der Waals surface area contributed by atoms with Crippen LogP contribution in [0.2, 0.25) is 0 Å².